The van der Waals surface area contributed by atoms with Crippen LogP contribution in [0.3, 0.4) is 0 Å². The van der Waals surface area contributed by atoms with Gasteiger partial charge < -0.3 is 4.74 Å². The molecular weight excluding hydrogens is 360 g/mol. The van der Waals surface area contributed by atoms with Crippen LogP contribution < -0.4 is 11.2 Å². The molecule has 9 nitrogen and oxygen atoms in total. The number of ether oxygens (including phenoxy) is 1. The fraction of sp³-hybridized carbons (Fsp3) is 0.500. The van der Waals surface area contributed by atoms with Gasteiger partial charge in [0.25, 0.3) is 5.56 Å². The highest BCUT2D eigenvalue weighted by Crippen LogP contribution is 2.22. The van der Waals surface area contributed by atoms with Crippen LogP contribution in [0.2, 0.25) is 0 Å². The van der Waals surface area contributed by atoms with Crippen molar-refractivity contribution >= 4 is 34.5 Å². The van der Waals surface area contributed by atoms with Gasteiger partial charge in [0.15, 0.2) is 11.4 Å². The third-order valence-electron chi connectivity index (χ3n) is 3.65. The maximum absolute atomic E-state index is 12.5. The maximum atomic E-state index is 12.5. The fourth-order valence-electron chi connectivity index (χ4n) is 2.31. The van der Waals surface area contributed by atoms with E-state index in [2.05, 4.69) is 9.97 Å². The first-order valence-electron chi connectivity index (χ1n) is 8.06. The van der Waals surface area contributed by atoms with Gasteiger partial charge in [0.2, 0.25) is 0 Å². The van der Waals surface area contributed by atoms with Gasteiger partial charge in [0.05, 0.1) is 12.4 Å². The van der Waals surface area contributed by atoms with Crippen molar-refractivity contribution in [3.63, 3.8) is 0 Å². The number of carbonyl (C=O) groups is 2. The van der Waals surface area contributed by atoms with E-state index in [-0.39, 0.29) is 35.6 Å². The molecule has 10 heteroatoms. The van der Waals surface area contributed by atoms with Crippen molar-refractivity contribution in [3.05, 3.63) is 26.7 Å². The number of aryl methyl sites for hydroxylation is 2. The predicted molar refractivity (Wildman–Crippen MR) is 96.4 cm³/mol. The third-order valence-corrected chi connectivity index (χ3v) is 4.68. The van der Waals surface area contributed by atoms with E-state index in [9.17, 15) is 19.2 Å². The zero-order valence-corrected chi connectivity index (χ0v) is 15.9. The number of ketones is 1. The number of fused-ring (bicyclic) bond motifs is 1. The van der Waals surface area contributed by atoms with Gasteiger partial charge in [-0.2, -0.15) is 0 Å². The van der Waals surface area contributed by atoms with Gasteiger partial charge in [-0.05, 0) is 6.92 Å². The molecule has 0 unspecified atom stereocenters. The van der Waals surface area contributed by atoms with Crippen LogP contribution in [0, 0.1) is 0 Å². The Hall–Kier alpha value is -2.49. The number of aromatic nitrogens is 4. The van der Waals surface area contributed by atoms with Crippen LogP contribution in [0.1, 0.15) is 26.1 Å². The van der Waals surface area contributed by atoms with Gasteiger partial charge >= 0.3 is 11.7 Å². The Morgan fingerprint density at radius 1 is 1.12 bits per heavy atom. The number of hydrogen-bond acceptors (Lipinski definition) is 8. The van der Waals surface area contributed by atoms with Gasteiger partial charge in [-0.1, -0.05) is 18.7 Å². The molecule has 140 valence electrons. The lowest BCUT2D eigenvalue weighted by Crippen LogP contribution is -2.37. The van der Waals surface area contributed by atoms with Crippen LogP contribution in [0.4, 0.5) is 0 Å². The first-order chi connectivity index (χ1) is 12.3. The van der Waals surface area contributed by atoms with E-state index in [0.717, 1.165) is 16.3 Å². The Bertz CT molecular complexity index is 979. The molecule has 0 N–H and O–H groups in total. The average molecular weight is 380 g/mol. The molecule has 0 bridgehead atoms. The van der Waals surface area contributed by atoms with E-state index >= 15 is 0 Å². The van der Waals surface area contributed by atoms with Crippen molar-refractivity contribution in [2.24, 2.45) is 14.1 Å². The van der Waals surface area contributed by atoms with E-state index < -0.39 is 17.2 Å². The Morgan fingerprint density at radius 2 is 1.81 bits per heavy atom. The van der Waals surface area contributed by atoms with Crippen molar-refractivity contribution in [2.75, 3.05) is 12.4 Å². The Morgan fingerprint density at radius 3 is 2.42 bits per heavy atom. The van der Waals surface area contributed by atoms with E-state index in [1.165, 1.54) is 18.7 Å². The Labute approximate surface area is 153 Å². The summed E-state index contributed by atoms with van der Waals surface area (Å²) in [6.07, 6.45) is 0.171. The standard InChI is InChI=1S/C16H20N4O5S/c1-5-10-17-13-12(15(23)20(4)16(24)19(13)3)14(18-10)26-8-9(21)7-11(22)25-6-2/h5-8H2,1-4H3. The van der Waals surface area contributed by atoms with E-state index in [4.69, 9.17) is 4.74 Å². The SMILES string of the molecule is CCOC(=O)CC(=O)CSc1nc(CC)nc2c1c(=O)n(C)c(=O)n2C. The summed E-state index contributed by atoms with van der Waals surface area (Å²) >= 11 is 1.05. The van der Waals surface area contributed by atoms with Crippen LogP contribution in [-0.2, 0) is 34.8 Å². The molecule has 2 aromatic rings. The van der Waals surface area contributed by atoms with Gasteiger partial charge in [-0.3, -0.25) is 23.5 Å². The molecule has 0 aromatic carbocycles. The summed E-state index contributed by atoms with van der Waals surface area (Å²) in [5.74, 6) is -0.501. The highest BCUT2D eigenvalue weighted by atomic mass is 32.2. The second kappa shape index (κ2) is 8.26. The van der Waals surface area contributed by atoms with Gasteiger partial charge in [-0.25, -0.2) is 14.8 Å². The largest absolute Gasteiger partial charge is 0.466 e. The number of esters is 1. The lowest BCUT2D eigenvalue weighted by molar-refractivity contribution is -0.145. The molecule has 26 heavy (non-hydrogen) atoms. The van der Waals surface area contributed by atoms with Gasteiger partial charge in [0.1, 0.15) is 22.7 Å². The zero-order valence-electron chi connectivity index (χ0n) is 15.1. The summed E-state index contributed by atoms with van der Waals surface area (Å²) in [6.45, 7) is 3.72. The molecule has 0 aliphatic heterocycles. The van der Waals surface area contributed by atoms with Crippen LogP contribution in [0.5, 0.6) is 0 Å². The minimum Gasteiger partial charge on any atom is -0.466 e. The molecule has 0 fully saturated rings. The van der Waals surface area contributed by atoms with Crippen LogP contribution in [0.25, 0.3) is 11.0 Å². The summed E-state index contributed by atoms with van der Waals surface area (Å²) in [4.78, 5) is 56.6. The number of nitrogens with zero attached hydrogens (tertiary/aromatic N) is 4. The molecular formula is C16H20N4O5S. The molecule has 0 amide bonds. The molecule has 0 aliphatic carbocycles. The second-order valence-electron chi connectivity index (χ2n) is 5.51. The van der Waals surface area contributed by atoms with Crippen molar-refractivity contribution in [2.45, 2.75) is 31.7 Å². The Balaban J connectivity index is 2.43. The van der Waals surface area contributed by atoms with E-state index in [1.807, 2.05) is 6.92 Å². The summed E-state index contributed by atoms with van der Waals surface area (Å²) in [7, 11) is 2.90. The van der Waals surface area contributed by atoms with Crippen LogP contribution in [0.15, 0.2) is 14.6 Å². The monoisotopic (exact) mass is 380 g/mol. The van der Waals surface area contributed by atoms with Crippen molar-refractivity contribution in [1.82, 2.24) is 19.1 Å². The molecule has 0 saturated heterocycles. The molecule has 0 radical (unpaired) electrons. The minimum absolute atomic E-state index is 0.0416. The van der Waals surface area contributed by atoms with E-state index in [0.29, 0.717) is 17.3 Å². The van der Waals surface area contributed by atoms with Crippen LogP contribution in [-0.4, -0.2) is 43.2 Å². The number of thioether (sulfide) groups is 1. The molecule has 2 rings (SSSR count). The average Bonchev–Trinajstić information content (AvgIpc) is 2.62. The highest BCUT2D eigenvalue weighted by molar-refractivity contribution is 8.00. The molecule has 2 aromatic heterocycles. The van der Waals surface area contributed by atoms with Gasteiger partial charge in [-0.15, -0.1) is 0 Å². The summed E-state index contributed by atoms with van der Waals surface area (Å²) in [6, 6.07) is 0. The minimum atomic E-state index is -0.585. The summed E-state index contributed by atoms with van der Waals surface area (Å²) in [5, 5.41) is 0.501. The number of rotatable bonds is 7. The van der Waals surface area contributed by atoms with Crippen molar-refractivity contribution in [1.29, 1.82) is 0 Å². The third kappa shape index (κ3) is 4.01. The van der Waals surface area contributed by atoms with Crippen molar-refractivity contribution < 1.29 is 14.3 Å². The fourth-order valence-corrected chi connectivity index (χ4v) is 3.20. The first kappa shape index (κ1) is 19.8. The summed E-state index contributed by atoms with van der Waals surface area (Å²) < 4.78 is 7.00. The lowest BCUT2D eigenvalue weighted by Gasteiger charge is -2.11. The molecule has 0 spiro atoms. The predicted octanol–water partition coefficient (Wildman–Crippen LogP) is 0.204. The quantitative estimate of drug-likeness (QED) is 0.290. The Kier molecular flexibility index (Phi) is 6.30. The molecule has 2 heterocycles. The summed E-state index contributed by atoms with van der Waals surface area (Å²) in [5.41, 5.74) is -0.783. The number of hydrogen-bond donors (Lipinski definition) is 0. The van der Waals surface area contributed by atoms with E-state index in [1.54, 1.807) is 6.92 Å². The number of Topliss-reactive ketones (excluding diaryl/α,β-unsaturated/α-hetero) is 1. The number of carbonyl (C=O) groups excluding carboxylic acids is 2. The first-order valence-corrected chi connectivity index (χ1v) is 9.05. The maximum Gasteiger partial charge on any atom is 0.332 e. The highest BCUT2D eigenvalue weighted by Gasteiger charge is 2.18. The van der Waals surface area contributed by atoms with Crippen LogP contribution >= 0.6 is 11.8 Å². The normalized spacial score (nSPS) is 10.9. The molecule has 0 atom stereocenters. The smallest absolute Gasteiger partial charge is 0.332 e. The van der Waals surface area contributed by atoms with Crippen molar-refractivity contribution in [3.8, 4) is 0 Å². The lowest BCUT2D eigenvalue weighted by atomic mass is 10.3. The second-order valence-corrected chi connectivity index (χ2v) is 6.48. The topological polar surface area (TPSA) is 113 Å². The van der Waals surface area contributed by atoms with Gasteiger partial charge in [0, 0.05) is 20.5 Å². The zero-order chi connectivity index (χ0) is 19.4. The molecule has 0 aliphatic rings. The molecule has 0 saturated carbocycles.